The molecule has 6 nitrogen and oxygen atoms in total. The predicted molar refractivity (Wildman–Crippen MR) is 68.4 cm³/mol. The molecule has 0 aromatic heterocycles. The van der Waals surface area contributed by atoms with E-state index in [-0.39, 0.29) is 5.91 Å². The van der Waals surface area contributed by atoms with E-state index in [1.807, 2.05) is 0 Å². The van der Waals surface area contributed by atoms with Gasteiger partial charge in [-0.15, -0.1) is 0 Å². The molecule has 1 atom stereocenters. The second-order valence-electron chi connectivity index (χ2n) is 4.25. The number of hydrogen-bond donors (Lipinski definition) is 2. The van der Waals surface area contributed by atoms with Crippen LogP contribution in [0.4, 0.5) is 0 Å². The molecule has 1 unspecified atom stereocenters. The Hall–Kier alpha value is -1.24. The molecule has 0 radical (unpaired) electrons. The number of aliphatic carboxylic acids is 1. The molecule has 0 aromatic rings. The van der Waals surface area contributed by atoms with E-state index in [1.54, 1.807) is 11.9 Å². The van der Waals surface area contributed by atoms with Gasteiger partial charge in [0, 0.05) is 13.1 Å². The van der Waals surface area contributed by atoms with Gasteiger partial charge in [-0.3, -0.25) is 9.59 Å². The SMILES string of the molecule is CN(C(=O)CSCCC(NC=O)C(=O)O)C1CC1. The number of carboxylic acids is 1. The lowest BCUT2D eigenvalue weighted by molar-refractivity contribution is -0.140. The van der Waals surface area contributed by atoms with Gasteiger partial charge >= 0.3 is 5.97 Å². The lowest BCUT2D eigenvalue weighted by atomic mass is 10.2. The van der Waals surface area contributed by atoms with E-state index in [1.165, 1.54) is 11.8 Å². The molecule has 2 amide bonds. The van der Waals surface area contributed by atoms with Crippen LogP contribution in [0, 0.1) is 0 Å². The van der Waals surface area contributed by atoms with E-state index in [0.717, 1.165) is 12.8 Å². The summed E-state index contributed by atoms with van der Waals surface area (Å²) < 4.78 is 0. The first-order valence-corrected chi connectivity index (χ1v) is 6.97. The van der Waals surface area contributed by atoms with Crippen LogP contribution in [0.25, 0.3) is 0 Å². The van der Waals surface area contributed by atoms with E-state index in [4.69, 9.17) is 5.11 Å². The van der Waals surface area contributed by atoms with Crippen molar-refractivity contribution in [2.24, 2.45) is 0 Å². The lowest BCUT2D eigenvalue weighted by Gasteiger charge is -2.16. The van der Waals surface area contributed by atoms with Gasteiger partial charge in [-0.1, -0.05) is 0 Å². The van der Waals surface area contributed by atoms with E-state index >= 15 is 0 Å². The Morgan fingerprint density at radius 3 is 2.72 bits per heavy atom. The van der Waals surface area contributed by atoms with Crippen molar-refractivity contribution in [3.8, 4) is 0 Å². The van der Waals surface area contributed by atoms with Crippen molar-refractivity contribution in [2.45, 2.75) is 31.3 Å². The average Bonchev–Trinajstić information content (AvgIpc) is 3.15. The van der Waals surface area contributed by atoms with Crippen LogP contribution in [0.1, 0.15) is 19.3 Å². The molecule has 1 aliphatic carbocycles. The third-order valence-electron chi connectivity index (χ3n) is 2.83. The highest BCUT2D eigenvalue weighted by atomic mass is 32.2. The van der Waals surface area contributed by atoms with Gasteiger partial charge in [0.15, 0.2) is 0 Å². The molecular formula is C11H18N2O4S. The third kappa shape index (κ3) is 4.95. The standard InChI is InChI=1S/C11H18N2O4S/c1-13(8-2-3-8)10(15)6-18-5-4-9(11(16)17)12-7-14/h7-9H,2-6H2,1H3,(H,12,14)(H,16,17). The topological polar surface area (TPSA) is 86.7 Å². The fraction of sp³-hybridized carbons (Fsp3) is 0.727. The van der Waals surface area contributed by atoms with Crippen molar-refractivity contribution in [2.75, 3.05) is 18.6 Å². The second-order valence-corrected chi connectivity index (χ2v) is 5.36. The number of rotatable bonds is 9. The smallest absolute Gasteiger partial charge is 0.326 e. The van der Waals surface area contributed by atoms with Crippen molar-refractivity contribution < 1.29 is 19.5 Å². The number of carbonyl (C=O) groups is 3. The van der Waals surface area contributed by atoms with Crippen molar-refractivity contribution in [1.29, 1.82) is 0 Å². The van der Waals surface area contributed by atoms with Gasteiger partial charge in [0.1, 0.15) is 6.04 Å². The van der Waals surface area contributed by atoms with E-state index in [0.29, 0.717) is 30.4 Å². The minimum absolute atomic E-state index is 0.0812. The zero-order valence-corrected chi connectivity index (χ0v) is 11.1. The van der Waals surface area contributed by atoms with Gasteiger partial charge in [0.25, 0.3) is 0 Å². The van der Waals surface area contributed by atoms with Crippen molar-refractivity contribution in [3.05, 3.63) is 0 Å². The number of carboxylic acid groups (broad SMARTS) is 1. The maximum absolute atomic E-state index is 11.6. The van der Waals surface area contributed by atoms with Crippen LogP contribution in [0.3, 0.4) is 0 Å². The second kappa shape index (κ2) is 7.25. The van der Waals surface area contributed by atoms with Crippen LogP contribution in [0.2, 0.25) is 0 Å². The van der Waals surface area contributed by atoms with Gasteiger partial charge in [0.05, 0.1) is 5.75 Å². The summed E-state index contributed by atoms with van der Waals surface area (Å²) in [6.45, 7) is 0. The van der Waals surface area contributed by atoms with Crippen LogP contribution < -0.4 is 5.32 Å². The molecule has 2 N–H and O–H groups in total. The van der Waals surface area contributed by atoms with E-state index < -0.39 is 12.0 Å². The summed E-state index contributed by atoms with van der Waals surface area (Å²) in [4.78, 5) is 34.3. The van der Waals surface area contributed by atoms with Crippen molar-refractivity contribution in [1.82, 2.24) is 10.2 Å². The van der Waals surface area contributed by atoms with Gasteiger partial charge < -0.3 is 15.3 Å². The number of nitrogens with zero attached hydrogens (tertiary/aromatic N) is 1. The molecule has 1 fully saturated rings. The Labute approximate surface area is 110 Å². The summed E-state index contributed by atoms with van der Waals surface area (Å²) in [5, 5.41) is 11.0. The molecule has 0 saturated heterocycles. The fourth-order valence-electron chi connectivity index (χ4n) is 1.49. The Morgan fingerprint density at radius 1 is 1.56 bits per heavy atom. The zero-order chi connectivity index (χ0) is 13.5. The number of carbonyl (C=O) groups excluding carboxylic acids is 2. The molecule has 7 heteroatoms. The van der Waals surface area contributed by atoms with Gasteiger partial charge in [0.2, 0.25) is 12.3 Å². The summed E-state index contributed by atoms with van der Waals surface area (Å²) in [5.74, 6) is -0.0792. The normalized spacial score (nSPS) is 15.8. The summed E-state index contributed by atoms with van der Waals surface area (Å²) >= 11 is 1.40. The number of amides is 2. The van der Waals surface area contributed by atoms with Crippen molar-refractivity contribution >= 4 is 30.0 Å². The van der Waals surface area contributed by atoms with Crippen LogP contribution in [0.5, 0.6) is 0 Å². The minimum atomic E-state index is -1.05. The maximum Gasteiger partial charge on any atom is 0.326 e. The molecule has 102 valence electrons. The molecule has 0 aliphatic heterocycles. The minimum Gasteiger partial charge on any atom is -0.480 e. The first-order valence-electron chi connectivity index (χ1n) is 5.82. The van der Waals surface area contributed by atoms with Crippen LogP contribution >= 0.6 is 11.8 Å². The quantitative estimate of drug-likeness (QED) is 0.454. The first kappa shape index (κ1) is 14.8. The maximum atomic E-state index is 11.6. The molecule has 1 aliphatic rings. The highest BCUT2D eigenvalue weighted by Gasteiger charge is 2.29. The molecule has 18 heavy (non-hydrogen) atoms. The monoisotopic (exact) mass is 274 g/mol. The number of nitrogens with one attached hydrogen (secondary N) is 1. The summed E-state index contributed by atoms with van der Waals surface area (Å²) in [7, 11) is 1.80. The first-order chi connectivity index (χ1) is 8.56. The summed E-state index contributed by atoms with van der Waals surface area (Å²) in [6, 6.07) is -0.465. The third-order valence-corrected chi connectivity index (χ3v) is 3.81. The molecule has 0 bridgehead atoms. The highest BCUT2D eigenvalue weighted by Crippen LogP contribution is 2.25. The Balaban J connectivity index is 2.14. The summed E-state index contributed by atoms with van der Waals surface area (Å²) in [5.41, 5.74) is 0. The van der Waals surface area contributed by atoms with Crippen LogP contribution in [-0.4, -0.2) is 58.9 Å². The number of thioether (sulfide) groups is 1. The largest absolute Gasteiger partial charge is 0.480 e. The zero-order valence-electron chi connectivity index (χ0n) is 10.3. The van der Waals surface area contributed by atoms with Crippen molar-refractivity contribution in [3.63, 3.8) is 0 Å². The predicted octanol–water partition coefficient (Wildman–Crippen LogP) is -0.0703. The Morgan fingerprint density at radius 2 is 2.22 bits per heavy atom. The Bertz CT molecular complexity index is 320. The molecule has 1 rings (SSSR count). The van der Waals surface area contributed by atoms with Gasteiger partial charge in [-0.25, -0.2) is 4.79 Å². The van der Waals surface area contributed by atoms with Crippen LogP contribution in [0.15, 0.2) is 0 Å². The lowest BCUT2D eigenvalue weighted by Crippen LogP contribution is -2.36. The van der Waals surface area contributed by atoms with Gasteiger partial charge in [-0.2, -0.15) is 11.8 Å². The van der Waals surface area contributed by atoms with Gasteiger partial charge in [-0.05, 0) is 25.0 Å². The number of hydrogen-bond acceptors (Lipinski definition) is 4. The van der Waals surface area contributed by atoms with Crippen LogP contribution in [-0.2, 0) is 14.4 Å². The molecule has 0 heterocycles. The fourth-order valence-corrected chi connectivity index (χ4v) is 2.41. The molecule has 1 saturated carbocycles. The molecule has 0 spiro atoms. The molecule has 0 aromatic carbocycles. The summed E-state index contributed by atoms with van der Waals surface area (Å²) in [6.07, 6.45) is 2.86. The Kier molecular flexibility index (Phi) is 5.97. The van der Waals surface area contributed by atoms with E-state index in [9.17, 15) is 14.4 Å². The molecular weight excluding hydrogens is 256 g/mol. The highest BCUT2D eigenvalue weighted by molar-refractivity contribution is 7.99. The van der Waals surface area contributed by atoms with E-state index in [2.05, 4.69) is 5.32 Å². The average molecular weight is 274 g/mol.